The van der Waals surface area contributed by atoms with E-state index in [0.717, 1.165) is 29.4 Å². The number of hydrogen-bond acceptors (Lipinski definition) is 4. The number of hydrogen-bond donors (Lipinski definition) is 1. The molecular formula is C11H15N5. The van der Waals surface area contributed by atoms with E-state index in [1.54, 1.807) is 4.68 Å². The smallest absolute Gasteiger partial charge is 0.157 e. The van der Waals surface area contributed by atoms with Crippen molar-refractivity contribution in [2.24, 2.45) is 0 Å². The fourth-order valence-electron chi connectivity index (χ4n) is 1.60. The standard InChI is InChI=1S/C11H15N5/c1-8-4-11(15-9(2)14-8)16-7-10(5-12-3)6-13-16/h4,6-7,12H,5H2,1-3H3. The molecule has 0 aliphatic heterocycles. The van der Waals surface area contributed by atoms with Crippen molar-refractivity contribution in [3.8, 4) is 5.82 Å². The molecule has 0 aliphatic carbocycles. The summed E-state index contributed by atoms with van der Waals surface area (Å²) in [6.07, 6.45) is 3.81. The van der Waals surface area contributed by atoms with Gasteiger partial charge in [-0.2, -0.15) is 5.10 Å². The number of nitrogens with zero attached hydrogens (tertiary/aromatic N) is 4. The molecule has 2 aromatic heterocycles. The van der Waals surface area contributed by atoms with E-state index in [1.807, 2.05) is 39.4 Å². The Morgan fingerprint density at radius 2 is 2.12 bits per heavy atom. The molecule has 2 aromatic rings. The lowest BCUT2D eigenvalue weighted by Crippen LogP contribution is -2.04. The van der Waals surface area contributed by atoms with Gasteiger partial charge in [0.05, 0.1) is 6.20 Å². The minimum atomic E-state index is 0.765. The van der Waals surface area contributed by atoms with Crippen LogP contribution in [0.3, 0.4) is 0 Å². The average molecular weight is 217 g/mol. The lowest BCUT2D eigenvalue weighted by atomic mass is 10.3. The van der Waals surface area contributed by atoms with Gasteiger partial charge in [-0.15, -0.1) is 0 Å². The molecule has 2 rings (SSSR count). The van der Waals surface area contributed by atoms with Gasteiger partial charge in [-0.3, -0.25) is 0 Å². The number of aromatic nitrogens is 4. The third kappa shape index (κ3) is 2.25. The lowest BCUT2D eigenvalue weighted by Gasteiger charge is -2.02. The van der Waals surface area contributed by atoms with Crippen molar-refractivity contribution in [3.63, 3.8) is 0 Å². The van der Waals surface area contributed by atoms with Crippen molar-refractivity contribution in [2.45, 2.75) is 20.4 Å². The van der Waals surface area contributed by atoms with E-state index in [0.29, 0.717) is 0 Å². The third-order valence-electron chi connectivity index (χ3n) is 2.20. The summed E-state index contributed by atoms with van der Waals surface area (Å²) in [5.41, 5.74) is 2.09. The van der Waals surface area contributed by atoms with E-state index in [-0.39, 0.29) is 0 Å². The minimum Gasteiger partial charge on any atom is -0.316 e. The van der Waals surface area contributed by atoms with Crippen molar-refractivity contribution in [3.05, 3.63) is 35.5 Å². The molecule has 0 aliphatic rings. The first-order valence-corrected chi connectivity index (χ1v) is 5.20. The molecule has 16 heavy (non-hydrogen) atoms. The van der Waals surface area contributed by atoms with Gasteiger partial charge < -0.3 is 5.32 Å². The SMILES string of the molecule is CNCc1cnn(-c2cc(C)nc(C)n2)c1. The molecule has 2 heterocycles. The zero-order valence-electron chi connectivity index (χ0n) is 9.73. The Labute approximate surface area is 94.5 Å². The normalized spacial score (nSPS) is 10.7. The molecule has 0 fully saturated rings. The van der Waals surface area contributed by atoms with Crippen LogP contribution in [-0.4, -0.2) is 26.8 Å². The van der Waals surface area contributed by atoms with Gasteiger partial charge in [0.25, 0.3) is 0 Å². The third-order valence-corrected chi connectivity index (χ3v) is 2.20. The first-order chi connectivity index (χ1) is 7.69. The van der Waals surface area contributed by atoms with Gasteiger partial charge in [-0.05, 0) is 20.9 Å². The van der Waals surface area contributed by atoms with Crippen molar-refractivity contribution >= 4 is 0 Å². The molecular weight excluding hydrogens is 202 g/mol. The summed E-state index contributed by atoms with van der Waals surface area (Å²) < 4.78 is 1.77. The Morgan fingerprint density at radius 3 is 2.81 bits per heavy atom. The highest BCUT2D eigenvalue weighted by atomic mass is 15.3. The second kappa shape index (κ2) is 4.40. The van der Waals surface area contributed by atoms with E-state index in [9.17, 15) is 0 Å². The van der Waals surface area contributed by atoms with Crippen molar-refractivity contribution in [1.82, 2.24) is 25.1 Å². The molecule has 1 N–H and O–H groups in total. The largest absolute Gasteiger partial charge is 0.316 e. The Balaban J connectivity index is 2.34. The summed E-state index contributed by atoms with van der Waals surface area (Å²) >= 11 is 0. The Hall–Kier alpha value is -1.75. The number of nitrogens with one attached hydrogen (secondary N) is 1. The topological polar surface area (TPSA) is 55.6 Å². The Kier molecular flexibility index (Phi) is 2.96. The van der Waals surface area contributed by atoms with Crippen LogP contribution >= 0.6 is 0 Å². The molecule has 0 spiro atoms. The van der Waals surface area contributed by atoms with Crippen LogP contribution in [0.15, 0.2) is 18.5 Å². The van der Waals surface area contributed by atoms with Gasteiger partial charge >= 0.3 is 0 Å². The van der Waals surface area contributed by atoms with Crippen LogP contribution in [0.1, 0.15) is 17.1 Å². The van der Waals surface area contributed by atoms with Crippen molar-refractivity contribution in [1.29, 1.82) is 0 Å². The first-order valence-electron chi connectivity index (χ1n) is 5.20. The van der Waals surface area contributed by atoms with Crippen LogP contribution in [0.4, 0.5) is 0 Å². The summed E-state index contributed by atoms with van der Waals surface area (Å²) in [5, 5.41) is 7.36. The second-order valence-electron chi connectivity index (χ2n) is 3.74. The maximum absolute atomic E-state index is 4.35. The quantitative estimate of drug-likeness (QED) is 0.833. The molecule has 0 radical (unpaired) electrons. The van der Waals surface area contributed by atoms with Crippen LogP contribution in [0.5, 0.6) is 0 Å². The maximum atomic E-state index is 4.35. The first kappa shape index (κ1) is 10.8. The molecule has 0 amide bonds. The van der Waals surface area contributed by atoms with Gasteiger partial charge in [0.15, 0.2) is 5.82 Å². The van der Waals surface area contributed by atoms with Crippen molar-refractivity contribution in [2.75, 3.05) is 7.05 Å². The zero-order chi connectivity index (χ0) is 11.5. The van der Waals surface area contributed by atoms with Gasteiger partial charge in [0, 0.05) is 30.1 Å². The van der Waals surface area contributed by atoms with Crippen LogP contribution in [0.2, 0.25) is 0 Å². The van der Waals surface area contributed by atoms with E-state index in [1.165, 1.54) is 0 Å². The summed E-state index contributed by atoms with van der Waals surface area (Å²) in [7, 11) is 1.91. The van der Waals surface area contributed by atoms with Crippen LogP contribution in [0.25, 0.3) is 5.82 Å². The molecule has 0 atom stereocenters. The number of rotatable bonds is 3. The fraction of sp³-hybridized carbons (Fsp3) is 0.364. The summed E-state index contributed by atoms with van der Waals surface area (Å²) in [4.78, 5) is 8.59. The van der Waals surface area contributed by atoms with Crippen LogP contribution in [-0.2, 0) is 6.54 Å². The van der Waals surface area contributed by atoms with Crippen LogP contribution in [0, 0.1) is 13.8 Å². The van der Waals surface area contributed by atoms with Gasteiger partial charge in [0.1, 0.15) is 5.82 Å². The number of aryl methyl sites for hydroxylation is 2. The summed E-state index contributed by atoms with van der Waals surface area (Å²) in [6.45, 7) is 4.65. The van der Waals surface area contributed by atoms with Gasteiger partial charge in [-0.25, -0.2) is 14.6 Å². The predicted octanol–water partition coefficient (Wildman–Crippen LogP) is 0.999. The average Bonchev–Trinajstić information content (AvgIpc) is 2.65. The highest BCUT2D eigenvalue weighted by molar-refractivity contribution is 5.25. The molecule has 0 saturated carbocycles. The van der Waals surface area contributed by atoms with Crippen molar-refractivity contribution < 1.29 is 0 Å². The highest BCUT2D eigenvalue weighted by Gasteiger charge is 2.03. The highest BCUT2D eigenvalue weighted by Crippen LogP contribution is 2.07. The van der Waals surface area contributed by atoms with E-state index < -0.39 is 0 Å². The minimum absolute atomic E-state index is 0.765. The maximum Gasteiger partial charge on any atom is 0.157 e. The molecule has 84 valence electrons. The Morgan fingerprint density at radius 1 is 1.31 bits per heavy atom. The monoisotopic (exact) mass is 217 g/mol. The predicted molar refractivity (Wildman–Crippen MR) is 61.4 cm³/mol. The molecule has 0 unspecified atom stereocenters. The molecule has 5 nitrogen and oxygen atoms in total. The second-order valence-corrected chi connectivity index (χ2v) is 3.74. The molecule has 0 aromatic carbocycles. The molecule has 0 bridgehead atoms. The molecule has 5 heteroatoms. The lowest BCUT2D eigenvalue weighted by molar-refractivity contribution is 0.808. The van der Waals surface area contributed by atoms with E-state index >= 15 is 0 Å². The zero-order valence-corrected chi connectivity index (χ0v) is 9.73. The van der Waals surface area contributed by atoms with Gasteiger partial charge in [0.2, 0.25) is 0 Å². The summed E-state index contributed by atoms with van der Waals surface area (Å²) in [6, 6.07) is 1.92. The fourth-order valence-corrected chi connectivity index (χ4v) is 1.60. The van der Waals surface area contributed by atoms with E-state index in [4.69, 9.17) is 0 Å². The Bertz CT molecular complexity index is 469. The molecule has 0 saturated heterocycles. The van der Waals surface area contributed by atoms with Gasteiger partial charge in [-0.1, -0.05) is 0 Å². The van der Waals surface area contributed by atoms with E-state index in [2.05, 4.69) is 20.4 Å². The van der Waals surface area contributed by atoms with Crippen LogP contribution < -0.4 is 5.32 Å². The summed E-state index contributed by atoms with van der Waals surface area (Å²) in [5.74, 6) is 1.58.